The molecule has 1 amide bonds. The Kier molecular flexibility index (Phi) is 6.73. The molecule has 0 aliphatic rings. The summed E-state index contributed by atoms with van der Waals surface area (Å²) in [4.78, 5) is 14.2. The first-order chi connectivity index (χ1) is 9.47. The van der Waals surface area contributed by atoms with Crippen LogP contribution in [0.25, 0.3) is 0 Å². The molecule has 1 unspecified atom stereocenters. The summed E-state index contributed by atoms with van der Waals surface area (Å²) in [5, 5.41) is 0. The van der Waals surface area contributed by atoms with Crippen LogP contribution in [0.5, 0.6) is 0 Å². The summed E-state index contributed by atoms with van der Waals surface area (Å²) in [6.45, 7) is 7.47. The van der Waals surface area contributed by atoms with Crippen LogP contribution < -0.4 is 5.73 Å². The number of amides is 1. The van der Waals surface area contributed by atoms with E-state index in [9.17, 15) is 4.79 Å². The largest absolute Gasteiger partial charge is 0.341 e. The molecule has 0 aliphatic carbocycles. The smallest absolute Gasteiger partial charge is 0.227 e. The van der Waals surface area contributed by atoms with Gasteiger partial charge in [-0.05, 0) is 29.9 Å². The van der Waals surface area contributed by atoms with E-state index in [0.29, 0.717) is 19.0 Å². The Morgan fingerprint density at radius 3 is 2.20 bits per heavy atom. The topological polar surface area (TPSA) is 46.3 Å². The van der Waals surface area contributed by atoms with Gasteiger partial charge in [0, 0.05) is 20.1 Å². The third-order valence-electron chi connectivity index (χ3n) is 3.62. The van der Waals surface area contributed by atoms with Crippen LogP contribution >= 0.6 is 0 Å². The lowest BCUT2D eigenvalue weighted by Gasteiger charge is -2.24. The molecule has 2 N–H and O–H groups in total. The normalized spacial score (nSPS) is 12.5. The van der Waals surface area contributed by atoms with Gasteiger partial charge in [-0.2, -0.15) is 0 Å². The average Bonchev–Trinajstić information content (AvgIpc) is 2.44. The first-order valence-corrected chi connectivity index (χ1v) is 7.50. The zero-order valence-corrected chi connectivity index (χ0v) is 13.2. The first-order valence-electron chi connectivity index (χ1n) is 7.50. The standard InChI is InChI=1S/C17H28N2O/c1-5-14-6-8-15(9-7-14)12-19(4)17(20)16(11-18)10-13(2)3/h6-9,13,16H,5,10-12,18H2,1-4H3. The highest BCUT2D eigenvalue weighted by Gasteiger charge is 2.21. The van der Waals surface area contributed by atoms with E-state index in [4.69, 9.17) is 5.73 Å². The summed E-state index contributed by atoms with van der Waals surface area (Å²) >= 11 is 0. The van der Waals surface area contributed by atoms with Gasteiger partial charge in [-0.1, -0.05) is 45.0 Å². The molecular weight excluding hydrogens is 248 g/mol. The van der Waals surface area contributed by atoms with E-state index in [1.165, 1.54) is 11.1 Å². The monoisotopic (exact) mass is 276 g/mol. The SMILES string of the molecule is CCc1ccc(CN(C)C(=O)C(CN)CC(C)C)cc1. The highest BCUT2D eigenvalue weighted by Crippen LogP contribution is 2.15. The molecule has 0 bridgehead atoms. The molecule has 0 fully saturated rings. The van der Waals surface area contributed by atoms with Crippen molar-refractivity contribution >= 4 is 5.91 Å². The van der Waals surface area contributed by atoms with Crippen LogP contribution in [0.15, 0.2) is 24.3 Å². The summed E-state index contributed by atoms with van der Waals surface area (Å²) in [5.41, 5.74) is 8.23. The van der Waals surface area contributed by atoms with Crippen molar-refractivity contribution < 1.29 is 4.79 Å². The minimum atomic E-state index is -0.0603. The van der Waals surface area contributed by atoms with E-state index in [0.717, 1.165) is 12.8 Å². The van der Waals surface area contributed by atoms with E-state index in [-0.39, 0.29) is 11.8 Å². The second-order valence-corrected chi connectivity index (χ2v) is 5.93. The molecule has 1 aromatic carbocycles. The molecule has 20 heavy (non-hydrogen) atoms. The maximum absolute atomic E-state index is 12.4. The predicted molar refractivity (Wildman–Crippen MR) is 84.3 cm³/mol. The predicted octanol–water partition coefficient (Wildman–Crippen LogP) is 2.83. The second-order valence-electron chi connectivity index (χ2n) is 5.93. The minimum absolute atomic E-state index is 0.0603. The molecule has 1 atom stereocenters. The second kappa shape index (κ2) is 8.05. The number of carbonyl (C=O) groups is 1. The van der Waals surface area contributed by atoms with Gasteiger partial charge in [0.25, 0.3) is 0 Å². The van der Waals surface area contributed by atoms with Crippen LogP contribution in [0.2, 0.25) is 0 Å². The Labute approximate surface area is 123 Å². The van der Waals surface area contributed by atoms with E-state index < -0.39 is 0 Å². The van der Waals surface area contributed by atoms with Gasteiger partial charge < -0.3 is 10.6 Å². The third-order valence-corrected chi connectivity index (χ3v) is 3.62. The molecule has 0 saturated carbocycles. The van der Waals surface area contributed by atoms with E-state index in [1.807, 2.05) is 7.05 Å². The van der Waals surface area contributed by atoms with Crippen LogP contribution in [-0.2, 0) is 17.8 Å². The molecule has 3 heteroatoms. The Morgan fingerprint density at radius 1 is 1.20 bits per heavy atom. The lowest BCUT2D eigenvalue weighted by Crippen LogP contribution is -2.37. The Morgan fingerprint density at radius 2 is 1.75 bits per heavy atom. The van der Waals surface area contributed by atoms with Gasteiger partial charge in [-0.3, -0.25) is 4.79 Å². The molecule has 0 aliphatic heterocycles. The fourth-order valence-corrected chi connectivity index (χ4v) is 2.41. The van der Waals surface area contributed by atoms with Crippen LogP contribution in [0.4, 0.5) is 0 Å². The van der Waals surface area contributed by atoms with Crippen molar-refractivity contribution in [3.63, 3.8) is 0 Å². The van der Waals surface area contributed by atoms with Gasteiger partial charge >= 0.3 is 0 Å². The quantitative estimate of drug-likeness (QED) is 0.832. The molecule has 0 aromatic heterocycles. The molecular formula is C17H28N2O. The zero-order valence-electron chi connectivity index (χ0n) is 13.2. The van der Waals surface area contributed by atoms with Crippen molar-refractivity contribution in [2.45, 2.75) is 40.2 Å². The highest BCUT2D eigenvalue weighted by molar-refractivity contribution is 5.78. The zero-order chi connectivity index (χ0) is 15.1. The van der Waals surface area contributed by atoms with Gasteiger partial charge in [0.1, 0.15) is 0 Å². The van der Waals surface area contributed by atoms with Crippen LogP contribution in [-0.4, -0.2) is 24.4 Å². The Hall–Kier alpha value is -1.35. The molecule has 3 nitrogen and oxygen atoms in total. The maximum Gasteiger partial charge on any atom is 0.227 e. The lowest BCUT2D eigenvalue weighted by molar-refractivity contribution is -0.134. The van der Waals surface area contributed by atoms with Gasteiger partial charge in [-0.15, -0.1) is 0 Å². The van der Waals surface area contributed by atoms with E-state index in [1.54, 1.807) is 4.90 Å². The highest BCUT2D eigenvalue weighted by atomic mass is 16.2. The fourth-order valence-electron chi connectivity index (χ4n) is 2.41. The van der Waals surface area contributed by atoms with Crippen LogP contribution in [0.1, 0.15) is 38.3 Å². The van der Waals surface area contributed by atoms with Crippen molar-refractivity contribution in [3.05, 3.63) is 35.4 Å². The van der Waals surface area contributed by atoms with Crippen molar-refractivity contribution in [2.75, 3.05) is 13.6 Å². The number of nitrogens with zero attached hydrogens (tertiary/aromatic N) is 1. The maximum atomic E-state index is 12.4. The van der Waals surface area contributed by atoms with Gasteiger partial charge in [0.2, 0.25) is 5.91 Å². The van der Waals surface area contributed by atoms with Crippen molar-refractivity contribution in [2.24, 2.45) is 17.6 Å². The first kappa shape index (κ1) is 16.7. The summed E-state index contributed by atoms with van der Waals surface area (Å²) in [6, 6.07) is 8.45. The number of aryl methyl sites for hydroxylation is 1. The molecule has 1 aromatic rings. The molecule has 0 saturated heterocycles. The van der Waals surface area contributed by atoms with E-state index in [2.05, 4.69) is 45.0 Å². The van der Waals surface area contributed by atoms with Crippen LogP contribution in [0, 0.1) is 11.8 Å². The van der Waals surface area contributed by atoms with Crippen molar-refractivity contribution in [1.82, 2.24) is 4.90 Å². The molecule has 112 valence electrons. The molecule has 0 radical (unpaired) electrons. The summed E-state index contributed by atoms with van der Waals surface area (Å²) in [6.07, 6.45) is 1.90. The Balaban J connectivity index is 2.63. The number of carbonyl (C=O) groups excluding carboxylic acids is 1. The van der Waals surface area contributed by atoms with Crippen LogP contribution in [0.3, 0.4) is 0 Å². The fraction of sp³-hybridized carbons (Fsp3) is 0.588. The summed E-state index contributed by atoms with van der Waals surface area (Å²) in [7, 11) is 1.86. The summed E-state index contributed by atoms with van der Waals surface area (Å²) in [5.74, 6) is 0.584. The third kappa shape index (κ3) is 4.97. The molecule has 0 heterocycles. The van der Waals surface area contributed by atoms with Gasteiger partial charge in [-0.25, -0.2) is 0 Å². The van der Waals surface area contributed by atoms with Crippen molar-refractivity contribution in [3.8, 4) is 0 Å². The van der Waals surface area contributed by atoms with Gasteiger partial charge in [0.05, 0.1) is 5.92 Å². The number of rotatable bonds is 7. The molecule has 0 spiro atoms. The number of benzene rings is 1. The van der Waals surface area contributed by atoms with Crippen molar-refractivity contribution in [1.29, 1.82) is 0 Å². The number of hydrogen-bond donors (Lipinski definition) is 1. The minimum Gasteiger partial charge on any atom is -0.341 e. The van der Waals surface area contributed by atoms with E-state index >= 15 is 0 Å². The van der Waals surface area contributed by atoms with Gasteiger partial charge in [0.15, 0.2) is 0 Å². The average molecular weight is 276 g/mol. The molecule has 1 rings (SSSR count). The number of hydrogen-bond acceptors (Lipinski definition) is 2. The lowest BCUT2D eigenvalue weighted by atomic mass is 9.96. The summed E-state index contributed by atoms with van der Waals surface area (Å²) < 4.78 is 0. The Bertz CT molecular complexity index is 412. The number of nitrogens with two attached hydrogens (primary N) is 1.